The Labute approximate surface area is 153 Å². The fourth-order valence-electron chi connectivity index (χ4n) is 4.47. The Morgan fingerprint density at radius 1 is 1.31 bits per heavy atom. The molecule has 144 valence electrons. The van der Waals surface area contributed by atoms with Gasteiger partial charge in [-0.2, -0.15) is 0 Å². The molecule has 1 aliphatic heterocycles. The highest BCUT2D eigenvalue weighted by Gasteiger charge is 2.57. The molecule has 6 nitrogen and oxygen atoms in total. The van der Waals surface area contributed by atoms with Crippen LogP contribution in [0, 0.1) is 11.8 Å². The highest BCUT2D eigenvalue weighted by Crippen LogP contribution is 2.58. The van der Waals surface area contributed by atoms with E-state index >= 15 is 0 Å². The van der Waals surface area contributed by atoms with Gasteiger partial charge >= 0.3 is 0 Å². The number of phenols is 2. The number of benzene rings is 1. The Hall–Kier alpha value is -1.79. The minimum Gasteiger partial charge on any atom is -0.507 e. The molecular weight excluding hydrogens is 336 g/mol. The van der Waals surface area contributed by atoms with E-state index in [2.05, 4.69) is 0 Å². The molecule has 0 radical (unpaired) electrons. The lowest BCUT2D eigenvalue weighted by molar-refractivity contribution is -0.142. The van der Waals surface area contributed by atoms with E-state index in [0.717, 1.165) is 6.07 Å². The van der Waals surface area contributed by atoms with Gasteiger partial charge in [0, 0.05) is 23.5 Å². The maximum absolute atomic E-state index is 12.7. The molecule has 1 aliphatic carbocycles. The van der Waals surface area contributed by atoms with E-state index in [1.54, 1.807) is 34.6 Å². The van der Waals surface area contributed by atoms with E-state index in [0.29, 0.717) is 18.4 Å². The van der Waals surface area contributed by atoms with Crippen LogP contribution in [0.4, 0.5) is 0 Å². The number of ketones is 1. The molecule has 1 aromatic rings. The number of hydrogen-bond donors (Lipinski definition) is 4. The molecule has 6 heteroatoms. The molecule has 0 unspecified atom stereocenters. The summed E-state index contributed by atoms with van der Waals surface area (Å²) in [6.07, 6.45) is 0.150. The van der Waals surface area contributed by atoms with Crippen molar-refractivity contribution in [2.45, 2.75) is 70.7 Å². The van der Waals surface area contributed by atoms with Crippen molar-refractivity contribution in [3.8, 4) is 17.2 Å². The van der Waals surface area contributed by atoms with E-state index in [1.165, 1.54) is 0 Å². The molecule has 0 spiro atoms. The number of carbonyl (C=O) groups excluding carboxylic acids is 1. The smallest absolute Gasteiger partial charge is 0.172 e. The monoisotopic (exact) mass is 364 g/mol. The Morgan fingerprint density at radius 2 is 1.92 bits per heavy atom. The molecule has 1 heterocycles. The maximum atomic E-state index is 12.7. The van der Waals surface area contributed by atoms with Crippen molar-refractivity contribution < 1.29 is 30.0 Å². The van der Waals surface area contributed by atoms with Crippen molar-refractivity contribution in [2.75, 3.05) is 0 Å². The van der Waals surface area contributed by atoms with Crippen molar-refractivity contribution in [3.05, 3.63) is 17.2 Å². The van der Waals surface area contributed by atoms with Crippen molar-refractivity contribution in [2.24, 2.45) is 11.8 Å². The normalized spacial score (nSPS) is 30.7. The van der Waals surface area contributed by atoms with Crippen molar-refractivity contribution in [1.82, 2.24) is 0 Å². The maximum Gasteiger partial charge on any atom is 0.172 e. The van der Waals surface area contributed by atoms with Crippen molar-refractivity contribution in [1.29, 1.82) is 0 Å². The lowest BCUT2D eigenvalue weighted by Crippen LogP contribution is -2.59. The summed E-state index contributed by atoms with van der Waals surface area (Å²) in [5.74, 6) is -2.03. The molecule has 0 saturated heterocycles. The van der Waals surface area contributed by atoms with Gasteiger partial charge in [-0.3, -0.25) is 4.79 Å². The van der Waals surface area contributed by atoms with E-state index in [-0.39, 0.29) is 40.4 Å². The summed E-state index contributed by atoms with van der Waals surface area (Å²) in [4.78, 5) is 12.7. The highest BCUT2D eigenvalue weighted by atomic mass is 16.5. The first-order valence-corrected chi connectivity index (χ1v) is 9.11. The first-order chi connectivity index (χ1) is 11.9. The predicted octanol–water partition coefficient (Wildman–Crippen LogP) is 2.71. The third kappa shape index (κ3) is 2.67. The van der Waals surface area contributed by atoms with E-state index < -0.39 is 23.2 Å². The standard InChI is InChI=1S/C20H28O6/c1-9(2)16(23)15-12(22)8-11(21)14-13-10(19(3,4)25)6-7-20(5,18(13)24)26-17(14)15/h8-10,13,18,21-22,24-25H,6-7H2,1-5H3/t10-,13+,18-,20+/m1/s1. The molecule has 3 rings (SSSR count). The van der Waals surface area contributed by atoms with Crippen LogP contribution < -0.4 is 4.74 Å². The molecular formula is C20H28O6. The van der Waals surface area contributed by atoms with Crippen LogP contribution >= 0.6 is 0 Å². The lowest BCUT2D eigenvalue weighted by Gasteiger charge is -2.53. The van der Waals surface area contributed by atoms with Crippen LogP contribution in [-0.2, 0) is 0 Å². The summed E-state index contributed by atoms with van der Waals surface area (Å²) in [6, 6.07) is 1.13. The number of aliphatic hydroxyl groups excluding tert-OH is 1. The Kier molecular flexibility index (Phi) is 4.28. The predicted molar refractivity (Wildman–Crippen MR) is 95.7 cm³/mol. The van der Waals surface area contributed by atoms with Gasteiger partial charge < -0.3 is 25.2 Å². The number of phenolic OH excluding ortho intramolecular Hbond substituents is 2. The summed E-state index contributed by atoms with van der Waals surface area (Å²) in [7, 11) is 0. The molecule has 0 amide bonds. The van der Waals surface area contributed by atoms with E-state index in [9.17, 15) is 25.2 Å². The molecule has 1 saturated carbocycles. The van der Waals surface area contributed by atoms with Gasteiger partial charge in [-0.15, -0.1) is 0 Å². The topological polar surface area (TPSA) is 107 Å². The third-order valence-corrected chi connectivity index (χ3v) is 5.97. The van der Waals surface area contributed by atoms with Gasteiger partial charge in [0.15, 0.2) is 5.78 Å². The van der Waals surface area contributed by atoms with Crippen molar-refractivity contribution >= 4 is 5.78 Å². The number of ether oxygens (including phenoxy) is 1. The highest BCUT2D eigenvalue weighted by molar-refractivity contribution is 6.03. The summed E-state index contributed by atoms with van der Waals surface area (Å²) >= 11 is 0. The van der Waals surface area contributed by atoms with Gasteiger partial charge in [0.2, 0.25) is 0 Å². The van der Waals surface area contributed by atoms with Gasteiger partial charge in [0.25, 0.3) is 0 Å². The van der Waals surface area contributed by atoms with Gasteiger partial charge in [0.1, 0.15) is 34.5 Å². The average molecular weight is 364 g/mol. The molecule has 4 atom stereocenters. The van der Waals surface area contributed by atoms with E-state index in [1.807, 2.05) is 0 Å². The summed E-state index contributed by atoms with van der Waals surface area (Å²) in [6.45, 7) is 8.57. The summed E-state index contributed by atoms with van der Waals surface area (Å²) in [5.41, 5.74) is -1.71. The minimum absolute atomic E-state index is 0.0346. The zero-order valence-corrected chi connectivity index (χ0v) is 15.9. The second kappa shape index (κ2) is 5.86. The quantitative estimate of drug-likeness (QED) is 0.614. The number of hydrogen-bond acceptors (Lipinski definition) is 6. The summed E-state index contributed by atoms with van der Waals surface area (Å²) < 4.78 is 6.06. The van der Waals surface area contributed by atoms with Crippen LogP contribution in [0.25, 0.3) is 0 Å². The Bertz CT molecular complexity index is 748. The van der Waals surface area contributed by atoms with Crippen LogP contribution in [0.2, 0.25) is 0 Å². The lowest BCUT2D eigenvalue weighted by atomic mass is 9.61. The Morgan fingerprint density at radius 3 is 2.46 bits per heavy atom. The first-order valence-electron chi connectivity index (χ1n) is 9.11. The molecule has 1 aromatic carbocycles. The molecule has 1 fully saturated rings. The van der Waals surface area contributed by atoms with Gasteiger partial charge in [-0.1, -0.05) is 13.8 Å². The number of Topliss-reactive ketones (excluding diaryl/α,β-unsaturated/α-hetero) is 1. The number of aromatic hydroxyl groups is 2. The zero-order chi connectivity index (χ0) is 19.6. The fourth-order valence-corrected chi connectivity index (χ4v) is 4.47. The number of rotatable bonds is 3. The minimum atomic E-state index is -1.09. The van der Waals surface area contributed by atoms with Crippen LogP contribution in [0.3, 0.4) is 0 Å². The number of fused-ring (bicyclic) bond motifs is 4. The van der Waals surface area contributed by atoms with Gasteiger partial charge in [-0.25, -0.2) is 0 Å². The summed E-state index contributed by atoms with van der Waals surface area (Å²) in [5, 5.41) is 42.5. The second-order valence-corrected chi connectivity index (χ2v) is 8.74. The molecule has 0 aromatic heterocycles. The molecule has 26 heavy (non-hydrogen) atoms. The fraction of sp³-hybridized carbons (Fsp3) is 0.650. The van der Waals surface area contributed by atoms with Crippen LogP contribution in [0.1, 0.15) is 69.3 Å². The molecule has 2 bridgehead atoms. The van der Waals surface area contributed by atoms with Crippen molar-refractivity contribution in [3.63, 3.8) is 0 Å². The third-order valence-electron chi connectivity index (χ3n) is 5.97. The SMILES string of the molecule is CC(C)C(=O)c1c(O)cc(O)c2c1O[C@@]1(C)CC[C@@H](C(C)(C)O)[C@@H]2[C@H]1O. The van der Waals surface area contributed by atoms with Gasteiger partial charge in [0.05, 0.1) is 5.60 Å². The largest absolute Gasteiger partial charge is 0.507 e. The molecule has 4 N–H and O–H groups in total. The Balaban J connectivity index is 2.30. The second-order valence-electron chi connectivity index (χ2n) is 8.74. The van der Waals surface area contributed by atoms with Crippen LogP contribution in [0.15, 0.2) is 6.07 Å². The average Bonchev–Trinajstić information content (AvgIpc) is 2.47. The van der Waals surface area contributed by atoms with Crippen LogP contribution in [-0.4, -0.2) is 43.5 Å². The van der Waals surface area contributed by atoms with Crippen LogP contribution in [0.5, 0.6) is 17.2 Å². The molecule has 2 aliphatic rings. The number of aliphatic hydroxyl groups is 2. The van der Waals surface area contributed by atoms with Gasteiger partial charge in [-0.05, 0) is 39.5 Å². The first kappa shape index (κ1) is 19.0. The zero-order valence-electron chi connectivity index (χ0n) is 15.9. The van der Waals surface area contributed by atoms with E-state index in [4.69, 9.17) is 4.74 Å². The number of carbonyl (C=O) groups is 1.